The third-order valence-electron chi connectivity index (χ3n) is 5.25. The molecule has 2 amide bonds. The summed E-state index contributed by atoms with van der Waals surface area (Å²) in [6.45, 7) is 4.31. The van der Waals surface area contributed by atoms with Crippen molar-refractivity contribution in [2.45, 2.75) is 13.3 Å². The summed E-state index contributed by atoms with van der Waals surface area (Å²) in [5.41, 5.74) is 3.21. The Hall–Kier alpha value is -3.12. The van der Waals surface area contributed by atoms with Gasteiger partial charge in [0.25, 0.3) is 0 Å². The predicted molar refractivity (Wildman–Crippen MR) is 119 cm³/mol. The molecule has 3 rings (SSSR count). The van der Waals surface area contributed by atoms with Crippen LogP contribution < -0.4 is 10.1 Å². The predicted octanol–water partition coefficient (Wildman–Crippen LogP) is 3.27. The van der Waals surface area contributed by atoms with E-state index >= 15 is 0 Å². The molecule has 0 unspecified atom stereocenters. The average molecular weight is 408 g/mol. The molecule has 0 aliphatic carbocycles. The summed E-state index contributed by atoms with van der Waals surface area (Å²) in [5.74, 6) is 0.650. The highest BCUT2D eigenvalue weighted by Gasteiger charge is 2.21. The molecule has 0 bridgehead atoms. The first-order valence-electron chi connectivity index (χ1n) is 10.3. The molecule has 1 heterocycles. The Morgan fingerprint density at radius 1 is 1.07 bits per heavy atom. The van der Waals surface area contributed by atoms with Crippen LogP contribution in [0.25, 0.3) is 5.57 Å². The number of likely N-dealkylation sites (N-methyl/N-ethyl adjacent to an activating group) is 1. The van der Waals surface area contributed by atoms with Crippen molar-refractivity contribution in [1.82, 2.24) is 9.80 Å². The molecule has 2 aromatic carbocycles. The minimum Gasteiger partial charge on any atom is -0.497 e. The number of rotatable bonds is 8. The van der Waals surface area contributed by atoms with E-state index in [1.165, 1.54) is 11.1 Å². The van der Waals surface area contributed by atoms with E-state index in [0.29, 0.717) is 25.3 Å². The van der Waals surface area contributed by atoms with Crippen LogP contribution in [0.2, 0.25) is 0 Å². The number of ether oxygens (including phenoxy) is 1. The van der Waals surface area contributed by atoms with Crippen LogP contribution in [0, 0.1) is 0 Å². The van der Waals surface area contributed by atoms with E-state index in [1.807, 2.05) is 34.9 Å². The molecular weight excluding hydrogens is 378 g/mol. The molecule has 2 aromatic rings. The first kappa shape index (κ1) is 21.6. The van der Waals surface area contributed by atoms with Crippen molar-refractivity contribution in [2.75, 3.05) is 45.2 Å². The van der Waals surface area contributed by atoms with Crippen molar-refractivity contribution in [1.29, 1.82) is 0 Å². The molecule has 158 valence electrons. The fourth-order valence-electron chi connectivity index (χ4n) is 3.46. The van der Waals surface area contributed by atoms with Gasteiger partial charge in [0.2, 0.25) is 11.8 Å². The molecule has 30 heavy (non-hydrogen) atoms. The molecule has 0 atom stereocenters. The Labute approximate surface area is 178 Å². The number of carbonyl (C=O) groups excluding carboxylic acids is 2. The molecule has 0 fully saturated rings. The highest BCUT2D eigenvalue weighted by Crippen LogP contribution is 2.22. The lowest BCUT2D eigenvalue weighted by Crippen LogP contribution is -2.44. The Morgan fingerprint density at radius 3 is 2.40 bits per heavy atom. The van der Waals surface area contributed by atoms with Gasteiger partial charge in [-0.1, -0.05) is 43.3 Å². The van der Waals surface area contributed by atoms with Crippen molar-refractivity contribution in [3.8, 4) is 5.75 Å². The molecule has 0 radical (unpaired) electrons. The van der Waals surface area contributed by atoms with Gasteiger partial charge in [-0.25, -0.2) is 0 Å². The maximum Gasteiger partial charge on any atom is 0.238 e. The second-order valence-electron chi connectivity index (χ2n) is 7.27. The molecule has 1 aliphatic heterocycles. The van der Waals surface area contributed by atoms with Gasteiger partial charge >= 0.3 is 0 Å². The number of methoxy groups -OCH3 is 1. The number of carbonyl (C=O) groups is 2. The maximum absolute atomic E-state index is 12.7. The zero-order valence-corrected chi connectivity index (χ0v) is 17.6. The standard InChI is InChI=1S/C24H29N3O3/c1-3-26(17-23(28)25-21-9-11-22(30-2)12-10-21)18-24(29)27-15-13-20(14-16-27)19-7-5-4-6-8-19/h4-13H,3,14-18H2,1-2H3,(H,25,28). The van der Waals surface area contributed by atoms with Crippen LogP contribution in [0.15, 0.2) is 60.7 Å². The van der Waals surface area contributed by atoms with Crippen LogP contribution in [0.4, 0.5) is 5.69 Å². The smallest absolute Gasteiger partial charge is 0.238 e. The second-order valence-corrected chi connectivity index (χ2v) is 7.27. The lowest BCUT2D eigenvalue weighted by atomic mass is 9.99. The quantitative estimate of drug-likeness (QED) is 0.730. The summed E-state index contributed by atoms with van der Waals surface area (Å²) < 4.78 is 5.12. The van der Waals surface area contributed by atoms with E-state index in [1.54, 1.807) is 31.4 Å². The van der Waals surface area contributed by atoms with Gasteiger partial charge in [0.05, 0.1) is 20.2 Å². The first-order valence-corrected chi connectivity index (χ1v) is 10.3. The minimum atomic E-state index is -0.139. The summed E-state index contributed by atoms with van der Waals surface area (Å²) in [7, 11) is 1.60. The van der Waals surface area contributed by atoms with Crippen LogP contribution in [-0.2, 0) is 9.59 Å². The van der Waals surface area contributed by atoms with Crippen LogP contribution >= 0.6 is 0 Å². The summed E-state index contributed by atoms with van der Waals surface area (Å²) in [5, 5.41) is 2.86. The van der Waals surface area contributed by atoms with E-state index in [2.05, 4.69) is 23.5 Å². The molecule has 0 saturated heterocycles. The number of hydrogen-bond donors (Lipinski definition) is 1. The van der Waals surface area contributed by atoms with Crippen LogP contribution in [0.3, 0.4) is 0 Å². The van der Waals surface area contributed by atoms with Crippen molar-refractivity contribution < 1.29 is 14.3 Å². The van der Waals surface area contributed by atoms with Gasteiger partial charge in [0.15, 0.2) is 0 Å². The summed E-state index contributed by atoms with van der Waals surface area (Å²) in [6.07, 6.45) is 2.98. The third kappa shape index (κ3) is 5.94. The first-order chi connectivity index (χ1) is 14.6. The average Bonchev–Trinajstić information content (AvgIpc) is 2.79. The van der Waals surface area contributed by atoms with E-state index in [-0.39, 0.29) is 24.9 Å². The van der Waals surface area contributed by atoms with Crippen molar-refractivity contribution >= 4 is 23.1 Å². The lowest BCUT2D eigenvalue weighted by molar-refractivity contribution is -0.132. The molecule has 6 nitrogen and oxygen atoms in total. The zero-order valence-electron chi connectivity index (χ0n) is 17.6. The van der Waals surface area contributed by atoms with Crippen LogP contribution in [-0.4, -0.2) is 61.4 Å². The Bertz CT molecular complexity index is 878. The van der Waals surface area contributed by atoms with Crippen LogP contribution in [0.5, 0.6) is 5.75 Å². The molecule has 0 aromatic heterocycles. The number of nitrogens with one attached hydrogen (secondary N) is 1. The molecule has 0 spiro atoms. The summed E-state index contributed by atoms with van der Waals surface area (Å²) in [4.78, 5) is 28.8. The van der Waals surface area contributed by atoms with Crippen molar-refractivity contribution in [3.05, 3.63) is 66.2 Å². The number of amides is 2. The van der Waals surface area contributed by atoms with Gasteiger partial charge in [0, 0.05) is 18.8 Å². The second kappa shape index (κ2) is 10.6. The van der Waals surface area contributed by atoms with E-state index < -0.39 is 0 Å². The highest BCUT2D eigenvalue weighted by molar-refractivity contribution is 5.92. The Balaban J connectivity index is 1.49. The SMILES string of the molecule is CCN(CC(=O)Nc1ccc(OC)cc1)CC(=O)N1CC=C(c2ccccc2)CC1. The van der Waals surface area contributed by atoms with Crippen molar-refractivity contribution in [3.63, 3.8) is 0 Å². The number of anilines is 1. The minimum absolute atomic E-state index is 0.0532. The van der Waals surface area contributed by atoms with Gasteiger partial charge in [-0.15, -0.1) is 0 Å². The van der Waals surface area contributed by atoms with Gasteiger partial charge < -0.3 is 15.0 Å². The normalized spacial score (nSPS) is 13.7. The largest absolute Gasteiger partial charge is 0.497 e. The zero-order chi connectivity index (χ0) is 21.3. The van der Waals surface area contributed by atoms with E-state index in [4.69, 9.17) is 4.74 Å². The van der Waals surface area contributed by atoms with Gasteiger partial charge in [0.1, 0.15) is 5.75 Å². The number of nitrogens with zero attached hydrogens (tertiary/aromatic N) is 2. The third-order valence-corrected chi connectivity index (χ3v) is 5.25. The molecule has 0 saturated carbocycles. The molecule has 1 aliphatic rings. The lowest BCUT2D eigenvalue weighted by Gasteiger charge is -2.29. The van der Waals surface area contributed by atoms with Crippen molar-refractivity contribution in [2.24, 2.45) is 0 Å². The molecule has 6 heteroatoms. The monoisotopic (exact) mass is 407 g/mol. The number of hydrogen-bond acceptors (Lipinski definition) is 4. The fraction of sp³-hybridized carbons (Fsp3) is 0.333. The van der Waals surface area contributed by atoms with Gasteiger partial charge in [-0.2, -0.15) is 0 Å². The van der Waals surface area contributed by atoms with E-state index in [0.717, 1.165) is 12.2 Å². The number of benzene rings is 2. The highest BCUT2D eigenvalue weighted by atomic mass is 16.5. The van der Waals surface area contributed by atoms with Gasteiger partial charge in [-0.05, 0) is 48.4 Å². The topological polar surface area (TPSA) is 61.9 Å². The van der Waals surface area contributed by atoms with E-state index in [9.17, 15) is 9.59 Å². The molecular formula is C24H29N3O3. The van der Waals surface area contributed by atoms with Crippen LogP contribution in [0.1, 0.15) is 18.9 Å². The Morgan fingerprint density at radius 2 is 1.80 bits per heavy atom. The summed E-state index contributed by atoms with van der Waals surface area (Å²) >= 11 is 0. The molecule has 1 N–H and O–H groups in total. The maximum atomic E-state index is 12.7. The Kier molecular flexibility index (Phi) is 7.63. The summed E-state index contributed by atoms with van der Waals surface area (Å²) in [6, 6.07) is 17.5. The van der Waals surface area contributed by atoms with Gasteiger partial charge in [-0.3, -0.25) is 14.5 Å². The fourth-order valence-corrected chi connectivity index (χ4v) is 3.46.